The van der Waals surface area contributed by atoms with Crippen LogP contribution in [0.3, 0.4) is 0 Å². The molecule has 0 aliphatic rings. The summed E-state index contributed by atoms with van der Waals surface area (Å²) in [6, 6.07) is 15.7. The molecule has 0 unspecified atom stereocenters. The quantitative estimate of drug-likeness (QED) is 0.650. The van der Waals surface area contributed by atoms with Crippen LogP contribution < -0.4 is 0 Å². The molecule has 3 aromatic rings. The van der Waals surface area contributed by atoms with Gasteiger partial charge >= 0.3 is 0 Å². The van der Waals surface area contributed by atoms with Crippen LogP contribution in [0.1, 0.15) is 0 Å². The highest BCUT2D eigenvalue weighted by molar-refractivity contribution is 9.10. The average Bonchev–Trinajstić information content (AvgIpc) is 2.67. The van der Waals surface area contributed by atoms with Crippen molar-refractivity contribution in [1.82, 2.24) is 9.78 Å². The van der Waals surface area contributed by atoms with Gasteiger partial charge in [0, 0.05) is 9.86 Å². The molecule has 3 rings (SSSR count). The van der Waals surface area contributed by atoms with Crippen molar-refractivity contribution >= 4 is 38.4 Å². The maximum atomic E-state index is 6.33. The molecule has 0 saturated heterocycles. The largest absolute Gasteiger partial charge is 0.221 e. The molecule has 0 atom stereocenters. The van der Waals surface area contributed by atoms with Gasteiger partial charge in [-0.25, -0.2) is 4.68 Å². The van der Waals surface area contributed by atoms with Gasteiger partial charge < -0.3 is 0 Å². The zero-order valence-electron chi connectivity index (χ0n) is 8.77. The summed E-state index contributed by atoms with van der Waals surface area (Å²) in [5.74, 6) is 0. The van der Waals surface area contributed by atoms with Gasteiger partial charge in [0.1, 0.15) is 5.15 Å². The summed E-state index contributed by atoms with van der Waals surface area (Å²) >= 11 is 9.76. The van der Waals surface area contributed by atoms with Gasteiger partial charge in [-0.05, 0) is 30.3 Å². The summed E-state index contributed by atoms with van der Waals surface area (Å²) in [5, 5.41) is 6.09. The van der Waals surface area contributed by atoms with E-state index < -0.39 is 0 Å². The molecular weight excluding hydrogens is 300 g/mol. The fraction of sp³-hybridized carbons (Fsp3) is 0. The zero-order valence-corrected chi connectivity index (χ0v) is 11.1. The van der Waals surface area contributed by atoms with Crippen molar-refractivity contribution in [2.75, 3.05) is 0 Å². The van der Waals surface area contributed by atoms with Crippen molar-refractivity contribution in [1.29, 1.82) is 0 Å². The minimum atomic E-state index is 0.638. The molecular formula is C13H8BrClN2. The van der Waals surface area contributed by atoms with Crippen LogP contribution in [-0.2, 0) is 0 Å². The molecule has 0 aliphatic carbocycles. The summed E-state index contributed by atoms with van der Waals surface area (Å²) in [5.41, 5.74) is 1.85. The maximum absolute atomic E-state index is 6.33. The highest BCUT2D eigenvalue weighted by Crippen LogP contribution is 2.28. The van der Waals surface area contributed by atoms with Crippen molar-refractivity contribution in [3.63, 3.8) is 0 Å². The van der Waals surface area contributed by atoms with Crippen molar-refractivity contribution in [2.24, 2.45) is 0 Å². The Kier molecular flexibility index (Phi) is 2.65. The third-order valence-corrected chi connectivity index (χ3v) is 3.43. The maximum Gasteiger partial charge on any atom is 0.140 e. The lowest BCUT2D eigenvalue weighted by atomic mass is 10.3. The lowest BCUT2D eigenvalue weighted by Gasteiger charge is -2.01. The Morgan fingerprint density at radius 2 is 1.82 bits per heavy atom. The SMILES string of the molecule is Clc1c2ccc(Br)cc2nn1-c1ccccc1. The topological polar surface area (TPSA) is 17.8 Å². The number of benzene rings is 2. The lowest BCUT2D eigenvalue weighted by molar-refractivity contribution is 0.897. The van der Waals surface area contributed by atoms with Gasteiger partial charge in [0.05, 0.1) is 11.2 Å². The number of para-hydroxylation sites is 1. The number of aromatic nitrogens is 2. The van der Waals surface area contributed by atoms with Gasteiger partial charge in [-0.15, -0.1) is 0 Å². The van der Waals surface area contributed by atoms with E-state index in [4.69, 9.17) is 11.6 Å². The predicted octanol–water partition coefficient (Wildman–Crippen LogP) is 4.44. The average molecular weight is 308 g/mol. The second-order valence-corrected chi connectivity index (χ2v) is 4.97. The number of hydrogen-bond acceptors (Lipinski definition) is 1. The first-order chi connectivity index (χ1) is 8.25. The third-order valence-electron chi connectivity index (χ3n) is 2.58. The molecule has 0 fully saturated rings. The zero-order chi connectivity index (χ0) is 11.8. The van der Waals surface area contributed by atoms with E-state index in [9.17, 15) is 0 Å². The fourth-order valence-electron chi connectivity index (χ4n) is 1.77. The van der Waals surface area contributed by atoms with Crippen LogP contribution in [-0.4, -0.2) is 9.78 Å². The summed E-state index contributed by atoms with van der Waals surface area (Å²) in [7, 11) is 0. The Hall–Kier alpha value is -1.32. The van der Waals surface area contributed by atoms with Crippen LogP contribution in [0, 0.1) is 0 Å². The van der Waals surface area contributed by atoms with Gasteiger partial charge in [-0.2, -0.15) is 5.10 Å². The molecule has 1 heterocycles. The first kappa shape index (κ1) is 10.8. The van der Waals surface area contributed by atoms with E-state index in [-0.39, 0.29) is 0 Å². The second-order valence-electron chi connectivity index (χ2n) is 3.70. The van der Waals surface area contributed by atoms with E-state index in [1.165, 1.54) is 0 Å². The van der Waals surface area contributed by atoms with E-state index >= 15 is 0 Å². The van der Waals surface area contributed by atoms with Crippen molar-refractivity contribution < 1.29 is 0 Å². The molecule has 4 heteroatoms. The molecule has 2 aromatic carbocycles. The number of rotatable bonds is 1. The Morgan fingerprint density at radius 1 is 1.06 bits per heavy atom. The molecule has 0 amide bonds. The first-order valence-electron chi connectivity index (χ1n) is 5.15. The van der Waals surface area contributed by atoms with Crippen LogP contribution in [0.15, 0.2) is 53.0 Å². The molecule has 0 N–H and O–H groups in total. The number of fused-ring (bicyclic) bond motifs is 1. The Bertz CT molecular complexity index is 676. The second kappa shape index (κ2) is 4.17. The molecule has 17 heavy (non-hydrogen) atoms. The summed E-state index contributed by atoms with van der Waals surface area (Å²) < 4.78 is 2.75. The highest BCUT2D eigenvalue weighted by Gasteiger charge is 2.10. The minimum Gasteiger partial charge on any atom is -0.221 e. The Labute approximate surface area is 112 Å². The van der Waals surface area contributed by atoms with Gasteiger partial charge in [0.15, 0.2) is 0 Å². The molecule has 84 valence electrons. The fourth-order valence-corrected chi connectivity index (χ4v) is 2.41. The molecule has 0 bridgehead atoms. The van der Waals surface area contributed by atoms with E-state index in [1.54, 1.807) is 4.68 Å². The monoisotopic (exact) mass is 306 g/mol. The van der Waals surface area contributed by atoms with E-state index in [1.807, 2.05) is 48.5 Å². The summed E-state index contributed by atoms with van der Waals surface area (Å²) in [4.78, 5) is 0. The molecule has 0 radical (unpaired) electrons. The summed E-state index contributed by atoms with van der Waals surface area (Å²) in [6.07, 6.45) is 0. The molecule has 2 nitrogen and oxygen atoms in total. The van der Waals surface area contributed by atoms with Crippen LogP contribution in [0.2, 0.25) is 5.15 Å². The van der Waals surface area contributed by atoms with Crippen molar-refractivity contribution in [3.8, 4) is 5.69 Å². The molecule has 0 saturated carbocycles. The van der Waals surface area contributed by atoms with E-state index in [0.29, 0.717) is 5.15 Å². The van der Waals surface area contributed by atoms with Crippen LogP contribution in [0.4, 0.5) is 0 Å². The van der Waals surface area contributed by atoms with Gasteiger partial charge in [0.2, 0.25) is 0 Å². The van der Waals surface area contributed by atoms with Crippen molar-refractivity contribution in [2.45, 2.75) is 0 Å². The highest BCUT2D eigenvalue weighted by atomic mass is 79.9. The smallest absolute Gasteiger partial charge is 0.140 e. The van der Waals surface area contributed by atoms with Crippen LogP contribution >= 0.6 is 27.5 Å². The van der Waals surface area contributed by atoms with Crippen LogP contribution in [0.25, 0.3) is 16.6 Å². The van der Waals surface area contributed by atoms with Crippen molar-refractivity contribution in [3.05, 3.63) is 58.2 Å². The van der Waals surface area contributed by atoms with Gasteiger partial charge in [0.25, 0.3) is 0 Å². The predicted molar refractivity (Wildman–Crippen MR) is 73.8 cm³/mol. The minimum absolute atomic E-state index is 0.638. The first-order valence-corrected chi connectivity index (χ1v) is 6.32. The summed E-state index contributed by atoms with van der Waals surface area (Å²) in [6.45, 7) is 0. The Balaban J connectivity index is 2.28. The molecule has 0 aliphatic heterocycles. The Morgan fingerprint density at radius 3 is 2.59 bits per heavy atom. The van der Waals surface area contributed by atoms with Gasteiger partial charge in [-0.1, -0.05) is 45.7 Å². The third kappa shape index (κ3) is 1.85. The number of hydrogen-bond donors (Lipinski definition) is 0. The number of nitrogens with zero attached hydrogens (tertiary/aromatic N) is 2. The molecule has 1 aromatic heterocycles. The standard InChI is InChI=1S/C13H8BrClN2/c14-9-6-7-11-12(8-9)16-17(13(11)15)10-4-2-1-3-5-10/h1-8H. The van der Waals surface area contributed by atoms with Crippen LogP contribution in [0.5, 0.6) is 0 Å². The van der Waals surface area contributed by atoms with E-state index in [2.05, 4.69) is 21.0 Å². The number of halogens is 2. The lowest BCUT2D eigenvalue weighted by Crippen LogP contribution is -1.94. The molecule has 0 spiro atoms. The normalized spacial score (nSPS) is 10.9. The van der Waals surface area contributed by atoms with Gasteiger partial charge in [-0.3, -0.25) is 0 Å². The van der Waals surface area contributed by atoms with E-state index in [0.717, 1.165) is 21.1 Å².